The molecule has 0 aliphatic carbocycles. The number of rotatable bonds is 50. The van der Waals surface area contributed by atoms with E-state index >= 15 is 0 Å². The van der Waals surface area contributed by atoms with Crippen molar-refractivity contribution in [1.82, 2.24) is 0 Å². The lowest BCUT2D eigenvalue weighted by molar-refractivity contribution is -0.893. The molecule has 8 nitrogen and oxygen atoms in total. The molecule has 2 atom stereocenters. The van der Waals surface area contributed by atoms with Gasteiger partial charge >= 0.3 is 8.56 Å². The molecule has 0 aromatic carbocycles. The van der Waals surface area contributed by atoms with Crippen molar-refractivity contribution in [3.05, 3.63) is 0 Å². The van der Waals surface area contributed by atoms with Gasteiger partial charge in [-0.1, -0.05) is 168 Å². The molecule has 0 bridgehead atoms. The normalized spacial score (nSPS) is 14.1. The summed E-state index contributed by atoms with van der Waals surface area (Å²) in [5.74, 6) is 0. The molecule has 0 amide bonds. The predicted molar refractivity (Wildman–Crippen MR) is 291 cm³/mol. The SMILES string of the molecule is CCCCCCCCCCCCCCCC[N+](C)(C)CC(O)COCCC[Si](C)(C)O[Si](C)(C)O[Si](C)(C)CCCOCC(O)C[N+](C)(C)CCCCCCCCCCCCCCCC. The van der Waals surface area contributed by atoms with Gasteiger partial charge in [0.1, 0.15) is 25.3 Å². The van der Waals surface area contributed by atoms with Crippen LogP contribution >= 0.6 is 0 Å². The van der Waals surface area contributed by atoms with Crippen molar-refractivity contribution in [2.24, 2.45) is 0 Å². The molecule has 0 heterocycles. The van der Waals surface area contributed by atoms with Crippen molar-refractivity contribution in [3.8, 4) is 0 Å². The third-order valence-corrected chi connectivity index (χ3v) is 24.9. The van der Waals surface area contributed by atoms with Crippen LogP contribution in [0.5, 0.6) is 0 Å². The first-order valence-electron chi connectivity index (χ1n) is 28.3. The Morgan fingerprint density at radius 3 is 0.877 bits per heavy atom. The zero-order chi connectivity index (χ0) is 48.8. The number of likely N-dealkylation sites (N-methyl/N-ethyl adjacent to an activating group) is 2. The monoisotopic (exact) mass is 977 g/mol. The van der Waals surface area contributed by atoms with Crippen LogP contribution in [0, 0.1) is 0 Å². The second kappa shape index (κ2) is 40.0. The minimum absolute atomic E-state index is 0.409. The summed E-state index contributed by atoms with van der Waals surface area (Å²) < 4.78 is 27.4. The summed E-state index contributed by atoms with van der Waals surface area (Å²) in [6, 6.07) is 2.05. The Bertz CT molecular complexity index is 972. The smallest absolute Gasteiger partial charge is 0.311 e. The number of ether oxygens (including phenoxy) is 2. The van der Waals surface area contributed by atoms with Gasteiger partial charge < -0.3 is 36.9 Å². The van der Waals surface area contributed by atoms with Gasteiger partial charge in [-0.3, -0.25) is 0 Å². The van der Waals surface area contributed by atoms with E-state index in [1.54, 1.807) is 0 Å². The maximum absolute atomic E-state index is 10.8. The Morgan fingerprint density at radius 1 is 0.369 bits per heavy atom. The van der Waals surface area contributed by atoms with E-state index in [0.717, 1.165) is 60.1 Å². The molecule has 0 rings (SSSR count). The van der Waals surface area contributed by atoms with Crippen molar-refractivity contribution >= 4 is 25.2 Å². The fraction of sp³-hybridized carbons (Fsp3) is 1.00. The van der Waals surface area contributed by atoms with Crippen molar-refractivity contribution in [2.45, 2.75) is 270 Å². The standard InChI is InChI=1S/C54H120N2O6Si3/c1-13-15-17-19-21-23-25-27-29-31-33-35-37-39-43-55(3,4)49-53(57)51-59-45-41-47-63(7,8)61-65(11,12)62-64(9,10)48-42-46-60-52-54(58)50-56(5,6)44-40-38-36-34-32-30-28-26-24-22-20-18-16-14-2/h53-54,57-58H,13-52H2,1-12H3/q+2. The van der Waals surface area contributed by atoms with E-state index in [1.165, 1.54) is 180 Å². The molecule has 0 radical (unpaired) electrons. The summed E-state index contributed by atoms with van der Waals surface area (Å²) in [6.45, 7) is 24.1. The molecule has 11 heteroatoms. The molecule has 0 fully saturated rings. The number of aliphatic hydroxyl groups excluding tert-OH is 2. The van der Waals surface area contributed by atoms with Crippen LogP contribution in [-0.2, 0) is 17.7 Å². The van der Waals surface area contributed by atoms with Crippen LogP contribution in [-0.4, -0.2) is 137 Å². The van der Waals surface area contributed by atoms with E-state index in [0.29, 0.717) is 26.4 Å². The third kappa shape index (κ3) is 45.2. The number of unbranched alkanes of at least 4 members (excludes halogenated alkanes) is 26. The van der Waals surface area contributed by atoms with Crippen molar-refractivity contribution in [2.75, 3.05) is 80.8 Å². The zero-order valence-corrected chi connectivity index (χ0v) is 49.4. The van der Waals surface area contributed by atoms with Crippen molar-refractivity contribution in [1.29, 1.82) is 0 Å². The molecule has 65 heavy (non-hydrogen) atoms. The highest BCUT2D eigenvalue weighted by Gasteiger charge is 2.39. The van der Waals surface area contributed by atoms with Crippen LogP contribution in [0.4, 0.5) is 0 Å². The second-order valence-electron chi connectivity index (χ2n) is 23.7. The van der Waals surface area contributed by atoms with Crippen LogP contribution in [0.15, 0.2) is 0 Å². The van der Waals surface area contributed by atoms with Gasteiger partial charge in [-0.05, 0) is 89.9 Å². The first-order valence-corrected chi connectivity index (χ1v) is 37.3. The fourth-order valence-electron chi connectivity index (χ4n) is 9.99. The largest absolute Gasteiger partial charge is 0.437 e. The Hall–Kier alpha value is 0.331. The molecule has 0 spiro atoms. The number of aliphatic hydroxyl groups is 2. The van der Waals surface area contributed by atoms with Gasteiger partial charge in [-0.15, -0.1) is 0 Å². The molecule has 0 aromatic rings. The Kier molecular flexibility index (Phi) is 40.2. The van der Waals surface area contributed by atoms with Crippen LogP contribution < -0.4 is 0 Å². The maximum atomic E-state index is 10.8. The fourth-order valence-corrected chi connectivity index (χ4v) is 24.0. The van der Waals surface area contributed by atoms with Gasteiger partial charge in [0.05, 0.1) is 54.5 Å². The molecule has 2 N–H and O–H groups in total. The Balaban J connectivity index is 4.07. The van der Waals surface area contributed by atoms with E-state index in [4.69, 9.17) is 17.7 Å². The molecular weight excluding hydrogens is 857 g/mol. The summed E-state index contributed by atoms with van der Waals surface area (Å²) >= 11 is 0. The highest BCUT2D eigenvalue weighted by molar-refractivity contribution is 6.87. The molecule has 0 saturated carbocycles. The summed E-state index contributed by atoms with van der Waals surface area (Å²) in [5.41, 5.74) is 0. The summed E-state index contributed by atoms with van der Waals surface area (Å²) in [7, 11) is 2.81. The quantitative estimate of drug-likeness (QED) is 0.0359. The number of hydrogen-bond donors (Lipinski definition) is 2. The second-order valence-corrected chi connectivity index (χ2v) is 36.1. The first-order chi connectivity index (χ1) is 30.7. The van der Waals surface area contributed by atoms with E-state index < -0.39 is 37.4 Å². The molecule has 392 valence electrons. The van der Waals surface area contributed by atoms with Gasteiger partial charge in [0.15, 0.2) is 16.6 Å². The molecule has 0 aliphatic heterocycles. The highest BCUT2D eigenvalue weighted by Crippen LogP contribution is 2.26. The highest BCUT2D eigenvalue weighted by atomic mass is 28.5. The lowest BCUT2D eigenvalue weighted by Gasteiger charge is -2.38. The lowest BCUT2D eigenvalue weighted by Crippen LogP contribution is -2.52. The van der Waals surface area contributed by atoms with Crippen LogP contribution in [0.3, 0.4) is 0 Å². The van der Waals surface area contributed by atoms with E-state index in [-0.39, 0.29) is 0 Å². The summed E-state index contributed by atoms with van der Waals surface area (Å²) in [6.07, 6.45) is 39.8. The first kappa shape index (κ1) is 65.3. The van der Waals surface area contributed by atoms with Gasteiger partial charge in [-0.25, -0.2) is 0 Å². The molecule has 0 saturated heterocycles. The zero-order valence-electron chi connectivity index (χ0n) is 46.4. The number of quaternary nitrogens is 2. The average molecular weight is 978 g/mol. The topological polar surface area (TPSA) is 77.4 Å². The molecule has 0 aliphatic rings. The van der Waals surface area contributed by atoms with Gasteiger partial charge in [-0.2, -0.15) is 0 Å². The van der Waals surface area contributed by atoms with E-state index in [1.807, 2.05) is 0 Å². The predicted octanol–water partition coefficient (Wildman–Crippen LogP) is 14.8. The Morgan fingerprint density at radius 2 is 0.615 bits per heavy atom. The minimum Gasteiger partial charge on any atom is -0.437 e. The van der Waals surface area contributed by atoms with Gasteiger partial charge in [0.2, 0.25) is 0 Å². The molecule has 0 aromatic heterocycles. The maximum Gasteiger partial charge on any atom is 0.311 e. The average Bonchev–Trinajstić information content (AvgIpc) is 3.19. The minimum atomic E-state index is -2.31. The number of hydrogen-bond acceptors (Lipinski definition) is 6. The van der Waals surface area contributed by atoms with Gasteiger partial charge in [0.25, 0.3) is 0 Å². The summed E-state index contributed by atoms with van der Waals surface area (Å²) in [5, 5.41) is 21.6. The van der Waals surface area contributed by atoms with E-state index in [9.17, 15) is 10.2 Å². The molecule has 2 unspecified atom stereocenters. The van der Waals surface area contributed by atoms with Gasteiger partial charge in [0, 0.05) is 13.2 Å². The molecular formula is C54H120N2O6Si3+2. The number of nitrogens with zero attached hydrogens (tertiary/aromatic N) is 2. The summed E-state index contributed by atoms with van der Waals surface area (Å²) in [4.78, 5) is 0. The van der Waals surface area contributed by atoms with Crippen LogP contribution in [0.2, 0.25) is 51.4 Å². The third-order valence-electron chi connectivity index (χ3n) is 13.4. The Labute approximate surface area is 411 Å². The van der Waals surface area contributed by atoms with Crippen LogP contribution in [0.25, 0.3) is 0 Å². The van der Waals surface area contributed by atoms with Crippen molar-refractivity contribution in [3.63, 3.8) is 0 Å². The van der Waals surface area contributed by atoms with E-state index in [2.05, 4.69) is 81.3 Å². The lowest BCUT2D eigenvalue weighted by atomic mass is 10.0. The van der Waals surface area contributed by atoms with Crippen LogP contribution in [0.1, 0.15) is 206 Å². The van der Waals surface area contributed by atoms with Crippen molar-refractivity contribution < 1.29 is 36.9 Å².